The molecule has 6 nitrogen and oxygen atoms in total. The van der Waals surface area contributed by atoms with E-state index in [2.05, 4.69) is 0 Å². The maximum Gasteiger partial charge on any atom is 0.346 e. The van der Waals surface area contributed by atoms with Crippen molar-refractivity contribution in [3.8, 4) is 5.75 Å². The van der Waals surface area contributed by atoms with Gasteiger partial charge in [0.15, 0.2) is 4.90 Å². The van der Waals surface area contributed by atoms with Gasteiger partial charge in [0.1, 0.15) is 5.75 Å². The Balaban J connectivity index is 2.49. The van der Waals surface area contributed by atoms with Crippen LogP contribution in [0.25, 0.3) is 0 Å². The number of nitro benzene ring substituents is 1. The SMILES string of the molecule is Cc1ccc(C)c(OS(=O)(=O)c2ccccc2[N+](=O)[O-])c1. The van der Waals surface area contributed by atoms with Crippen molar-refractivity contribution in [3.05, 3.63) is 63.7 Å². The van der Waals surface area contributed by atoms with Crippen molar-refractivity contribution in [2.75, 3.05) is 0 Å². The number of rotatable bonds is 4. The Morgan fingerprint density at radius 3 is 2.43 bits per heavy atom. The lowest BCUT2D eigenvalue weighted by Crippen LogP contribution is -2.12. The van der Waals surface area contributed by atoms with Crippen LogP contribution in [0, 0.1) is 24.0 Å². The van der Waals surface area contributed by atoms with Gasteiger partial charge in [-0.15, -0.1) is 0 Å². The lowest BCUT2D eigenvalue weighted by Gasteiger charge is -2.10. The third-order valence-corrected chi connectivity index (χ3v) is 4.16. The van der Waals surface area contributed by atoms with E-state index in [-0.39, 0.29) is 5.75 Å². The van der Waals surface area contributed by atoms with Gasteiger partial charge in [-0.05, 0) is 37.1 Å². The van der Waals surface area contributed by atoms with Gasteiger partial charge in [0.05, 0.1) is 4.92 Å². The van der Waals surface area contributed by atoms with Crippen molar-refractivity contribution in [3.63, 3.8) is 0 Å². The van der Waals surface area contributed by atoms with Crippen LogP contribution < -0.4 is 4.18 Å². The molecule has 0 saturated carbocycles. The molecule has 0 N–H and O–H groups in total. The van der Waals surface area contributed by atoms with E-state index in [9.17, 15) is 18.5 Å². The van der Waals surface area contributed by atoms with Crippen molar-refractivity contribution in [2.45, 2.75) is 18.7 Å². The van der Waals surface area contributed by atoms with E-state index in [0.29, 0.717) is 5.56 Å². The second-order valence-corrected chi connectivity index (χ2v) is 6.05. The summed E-state index contributed by atoms with van der Waals surface area (Å²) in [6.07, 6.45) is 0. The van der Waals surface area contributed by atoms with Crippen molar-refractivity contribution in [1.29, 1.82) is 0 Å². The summed E-state index contributed by atoms with van der Waals surface area (Å²) in [6, 6.07) is 10.2. The zero-order chi connectivity index (χ0) is 15.6. The number of nitrogens with zero attached hydrogens (tertiary/aromatic N) is 1. The van der Waals surface area contributed by atoms with Crippen LogP contribution in [-0.2, 0) is 10.1 Å². The number of hydrogen-bond acceptors (Lipinski definition) is 5. The molecule has 2 aromatic rings. The fraction of sp³-hybridized carbons (Fsp3) is 0.143. The van der Waals surface area contributed by atoms with E-state index in [4.69, 9.17) is 4.18 Å². The van der Waals surface area contributed by atoms with Gasteiger partial charge in [-0.1, -0.05) is 24.3 Å². The van der Waals surface area contributed by atoms with Gasteiger partial charge >= 0.3 is 10.1 Å². The fourth-order valence-electron chi connectivity index (χ4n) is 1.78. The first-order valence-electron chi connectivity index (χ1n) is 6.06. The highest BCUT2D eigenvalue weighted by Gasteiger charge is 2.27. The van der Waals surface area contributed by atoms with E-state index < -0.39 is 25.6 Å². The highest BCUT2D eigenvalue weighted by Crippen LogP contribution is 2.28. The monoisotopic (exact) mass is 307 g/mol. The minimum Gasteiger partial charge on any atom is -0.378 e. The number of benzene rings is 2. The number of hydrogen-bond donors (Lipinski definition) is 0. The highest BCUT2D eigenvalue weighted by molar-refractivity contribution is 7.87. The van der Waals surface area contributed by atoms with Crippen molar-refractivity contribution < 1.29 is 17.5 Å². The standard InChI is InChI=1S/C14H13NO5S/c1-10-7-8-11(2)13(9-10)20-21(18,19)14-6-4-3-5-12(14)15(16)17/h3-9H,1-2H3. The predicted octanol–water partition coefficient (Wildman–Crippen LogP) is 2.98. The second kappa shape index (κ2) is 5.53. The van der Waals surface area contributed by atoms with Gasteiger partial charge in [-0.25, -0.2) is 0 Å². The number of nitro groups is 1. The molecule has 0 heterocycles. The highest BCUT2D eigenvalue weighted by atomic mass is 32.2. The quantitative estimate of drug-likeness (QED) is 0.492. The van der Waals surface area contributed by atoms with Crippen LogP contribution in [0.4, 0.5) is 5.69 Å². The molecule has 0 unspecified atom stereocenters. The van der Waals surface area contributed by atoms with Gasteiger partial charge < -0.3 is 4.18 Å². The average Bonchev–Trinajstić information content (AvgIpc) is 2.42. The van der Waals surface area contributed by atoms with Crippen molar-refractivity contribution >= 4 is 15.8 Å². The largest absolute Gasteiger partial charge is 0.378 e. The van der Waals surface area contributed by atoms with Crippen LogP contribution >= 0.6 is 0 Å². The summed E-state index contributed by atoms with van der Waals surface area (Å²) < 4.78 is 29.6. The molecule has 0 fully saturated rings. The predicted molar refractivity (Wildman–Crippen MR) is 76.8 cm³/mol. The summed E-state index contributed by atoms with van der Waals surface area (Å²) in [7, 11) is -4.27. The summed E-state index contributed by atoms with van der Waals surface area (Å²) >= 11 is 0. The normalized spacial score (nSPS) is 11.1. The molecule has 0 amide bonds. The molecule has 0 aliphatic heterocycles. The lowest BCUT2D eigenvalue weighted by atomic mass is 10.1. The molecular formula is C14H13NO5S. The van der Waals surface area contributed by atoms with Gasteiger partial charge in [0.2, 0.25) is 0 Å². The molecule has 7 heteroatoms. The Morgan fingerprint density at radius 1 is 1.10 bits per heavy atom. The van der Waals surface area contributed by atoms with E-state index in [1.165, 1.54) is 12.1 Å². The third-order valence-electron chi connectivity index (χ3n) is 2.87. The van der Waals surface area contributed by atoms with E-state index in [0.717, 1.165) is 17.7 Å². The molecular weight excluding hydrogens is 294 g/mol. The first-order chi connectivity index (χ1) is 9.81. The minimum absolute atomic E-state index is 0.160. The molecule has 0 radical (unpaired) electrons. The molecule has 0 aliphatic rings. The summed E-state index contributed by atoms with van der Waals surface area (Å²) in [5, 5.41) is 10.9. The van der Waals surface area contributed by atoms with Gasteiger partial charge in [-0.2, -0.15) is 8.42 Å². The Kier molecular flexibility index (Phi) is 3.95. The summed E-state index contributed by atoms with van der Waals surface area (Å²) in [4.78, 5) is 9.71. The average molecular weight is 307 g/mol. The molecule has 0 aromatic heterocycles. The molecule has 0 aliphatic carbocycles. The molecule has 0 saturated heterocycles. The zero-order valence-electron chi connectivity index (χ0n) is 11.4. The van der Waals surface area contributed by atoms with E-state index in [1.54, 1.807) is 26.0 Å². The van der Waals surface area contributed by atoms with Gasteiger partial charge in [-0.3, -0.25) is 10.1 Å². The van der Waals surface area contributed by atoms with Gasteiger partial charge in [0, 0.05) is 6.07 Å². The summed E-state index contributed by atoms with van der Waals surface area (Å²) in [6.45, 7) is 3.49. The van der Waals surface area contributed by atoms with Crippen molar-refractivity contribution in [2.24, 2.45) is 0 Å². The van der Waals surface area contributed by atoms with Crippen LogP contribution in [0.2, 0.25) is 0 Å². The van der Waals surface area contributed by atoms with Crippen LogP contribution in [-0.4, -0.2) is 13.3 Å². The van der Waals surface area contributed by atoms with Crippen LogP contribution in [0.5, 0.6) is 5.75 Å². The third kappa shape index (κ3) is 3.19. The van der Waals surface area contributed by atoms with Crippen molar-refractivity contribution in [1.82, 2.24) is 0 Å². The fourth-order valence-corrected chi connectivity index (χ4v) is 2.93. The Labute approximate surface area is 122 Å². The molecule has 0 atom stereocenters. The molecule has 2 rings (SSSR count). The second-order valence-electron chi connectivity index (χ2n) is 4.53. The maximum absolute atomic E-state index is 12.3. The van der Waals surface area contributed by atoms with Crippen LogP contribution in [0.15, 0.2) is 47.4 Å². The minimum atomic E-state index is -4.27. The Morgan fingerprint density at radius 2 is 1.76 bits per heavy atom. The smallest absolute Gasteiger partial charge is 0.346 e. The molecule has 0 spiro atoms. The summed E-state index contributed by atoms with van der Waals surface area (Å²) in [5.74, 6) is 0.160. The Bertz CT molecular complexity index is 799. The topological polar surface area (TPSA) is 86.5 Å². The first kappa shape index (κ1) is 15.0. The molecule has 21 heavy (non-hydrogen) atoms. The number of para-hydroxylation sites is 1. The maximum atomic E-state index is 12.3. The lowest BCUT2D eigenvalue weighted by molar-refractivity contribution is -0.387. The summed E-state index contributed by atoms with van der Waals surface area (Å²) in [5.41, 5.74) is 0.943. The first-order valence-corrected chi connectivity index (χ1v) is 7.47. The molecule has 2 aromatic carbocycles. The zero-order valence-corrected chi connectivity index (χ0v) is 12.3. The molecule has 110 valence electrons. The number of aryl methyl sites for hydroxylation is 2. The Hall–Kier alpha value is -2.41. The molecule has 0 bridgehead atoms. The van der Waals surface area contributed by atoms with Crippen LogP contribution in [0.1, 0.15) is 11.1 Å². The van der Waals surface area contributed by atoms with Gasteiger partial charge in [0.25, 0.3) is 5.69 Å². The van der Waals surface area contributed by atoms with Crippen LogP contribution in [0.3, 0.4) is 0 Å². The van der Waals surface area contributed by atoms with E-state index >= 15 is 0 Å². The van der Waals surface area contributed by atoms with E-state index in [1.807, 2.05) is 6.07 Å².